The predicted octanol–water partition coefficient (Wildman–Crippen LogP) is 3.24. The number of aromatic nitrogens is 6. The largest absolute Gasteiger partial charge is 0.377 e. The monoisotopic (exact) mass is 483 g/mol. The molecule has 1 atom stereocenters. The average Bonchev–Trinajstić information content (AvgIpc) is 3.55. The van der Waals surface area contributed by atoms with E-state index in [-0.39, 0.29) is 11.9 Å². The van der Waals surface area contributed by atoms with E-state index >= 15 is 0 Å². The molecule has 33 heavy (non-hydrogen) atoms. The molecule has 0 saturated carbocycles. The lowest BCUT2D eigenvalue weighted by Gasteiger charge is -2.36. The highest BCUT2D eigenvalue weighted by Crippen LogP contribution is 2.26. The normalized spacial score (nSPS) is 16.2. The molecule has 0 bridgehead atoms. The van der Waals surface area contributed by atoms with Gasteiger partial charge >= 0.3 is 0 Å². The third kappa shape index (κ3) is 4.47. The van der Waals surface area contributed by atoms with Gasteiger partial charge in [0.25, 0.3) is 5.91 Å². The smallest absolute Gasteiger partial charge is 0.256 e. The Kier molecular flexibility index (Phi) is 6.08. The molecule has 1 aliphatic rings. The van der Waals surface area contributed by atoms with Crippen LogP contribution in [0.5, 0.6) is 0 Å². The van der Waals surface area contributed by atoms with Crippen molar-refractivity contribution in [2.45, 2.75) is 12.5 Å². The van der Waals surface area contributed by atoms with Crippen molar-refractivity contribution in [3.05, 3.63) is 82.4 Å². The van der Waals surface area contributed by atoms with Crippen LogP contribution < -0.4 is 0 Å². The van der Waals surface area contributed by atoms with Crippen LogP contribution in [0.2, 0.25) is 10.0 Å². The van der Waals surface area contributed by atoms with Crippen LogP contribution >= 0.6 is 23.2 Å². The lowest BCUT2D eigenvalue weighted by molar-refractivity contribution is -0.00164. The molecule has 1 amide bonds. The van der Waals surface area contributed by atoms with Gasteiger partial charge in [0.1, 0.15) is 0 Å². The molecule has 9 nitrogen and oxygen atoms in total. The number of carbonyl (C=O) groups is 1. The number of hydrogen-bond donors (Lipinski definition) is 0. The fourth-order valence-corrected chi connectivity index (χ4v) is 4.24. The fraction of sp³-hybridized carbons (Fsp3) is 0.227. The van der Waals surface area contributed by atoms with Crippen molar-refractivity contribution in [2.24, 2.45) is 0 Å². The first-order valence-corrected chi connectivity index (χ1v) is 11.1. The second-order valence-corrected chi connectivity index (χ2v) is 8.35. The number of hydrogen-bond acceptors (Lipinski definition) is 6. The van der Waals surface area contributed by atoms with Gasteiger partial charge < -0.3 is 9.64 Å². The first-order chi connectivity index (χ1) is 16.1. The maximum atomic E-state index is 13.7. The number of amides is 1. The van der Waals surface area contributed by atoms with Crippen LogP contribution in [-0.4, -0.2) is 66.6 Å². The maximum absolute atomic E-state index is 13.7. The molecule has 5 rings (SSSR count). The highest BCUT2D eigenvalue weighted by Gasteiger charge is 2.30. The number of benzene rings is 2. The van der Waals surface area contributed by atoms with E-state index in [2.05, 4.69) is 20.4 Å². The lowest BCUT2D eigenvalue weighted by Crippen LogP contribution is -2.50. The zero-order valence-electron chi connectivity index (χ0n) is 17.4. The molecular formula is C22H19Cl2N7O2. The van der Waals surface area contributed by atoms with Crippen LogP contribution in [0.25, 0.3) is 11.4 Å². The van der Waals surface area contributed by atoms with E-state index in [0.717, 1.165) is 11.3 Å². The summed E-state index contributed by atoms with van der Waals surface area (Å²) in [6, 6.07) is 10.5. The maximum Gasteiger partial charge on any atom is 0.256 e. The van der Waals surface area contributed by atoms with Crippen molar-refractivity contribution in [3.8, 4) is 11.4 Å². The first kappa shape index (κ1) is 21.6. The Morgan fingerprint density at radius 2 is 1.70 bits per heavy atom. The molecule has 0 radical (unpaired) electrons. The molecule has 2 aromatic carbocycles. The Morgan fingerprint density at radius 1 is 0.970 bits per heavy atom. The summed E-state index contributed by atoms with van der Waals surface area (Å²) in [5.41, 5.74) is 2.65. The zero-order chi connectivity index (χ0) is 22.8. The van der Waals surface area contributed by atoms with Crippen molar-refractivity contribution in [1.29, 1.82) is 0 Å². The van der Waals surface area contributed by atoms with E-state index in [0.29, 0.717) is 47.5 Å². The second-order valence-electron chi connectivity index (χ2n) is 7.51. The molecule has 1 saturated heterocycles. The standard InChI is InChI=1S/C22H19Cl2N7O2/c23-16-1-3-19(21(13-16)31-27-7-8-28-31)22(32)29-9-10-33-14-18(29)12-15-11-17(2-4-20(15)24)30-25-5-6-26-30/h1-8,11,13,18H,9-10,12,14H2. The summed E-state index contributed by atoms with van der Waals surface area (Å²) in [6.07, 6.45) is 6.85. The zero-order valence-corrected chi connectivity index (χ0v) is 18.9. The number of halogens is 2. The molecule has 0 N–H and O–H groups in total. The second kappa shape index (κ2) is 9.30. The molecule has 168 valence electrons. The molecule has 1 unspecified atom stereocenters. The van der Waals surface area contributed by atoms with Crippen LogP contribution in [0.4, 0.5) is 0 Å². The summed E-state index contributed by atoms with van der Waals surface area (Å²) in [6.45, 7) is 1.31. The van der Waals surface area contributed by atoms with E-state index in [4.69, 9.17) is 27.9 Å². The van der Waals surface area contributed by atoms with Gasteiger partial charge in [-0.1, -0.05) is 23.2 Å². The molecule has 1 aliphatic heterocycles. The van der Waals surface area contributed by atoms with E-state index < -0.39 is 0 Å². The lowest BCUT2D eigenvalue weighted by atomic mass is 10.0. The van der Waals surface area contributed by atoms with Gasteiger partial charge in [-0.2, -0.15) is 30.0 Å². The van der Waals surface area contributed by atoms with E-state index in [1.165, 1.54) is 9.59 Å². The summed E-state index contributed by atoms with van der Waals surface area (Å²) in [7, 11) is 0. The average molecular weight is 484 g/mol. The molecule has 2 aromatic heterocycles. The SMILES string of the molecule is O=C(c1ccc(Cl)cc1-n1nccn1)N1CCOCC1Cc1cc(-n2nccn2)ccc1Cl. The Balaban J connectivity index is 1.45. The summed E-state index contributed by atoms with van der Waals surface area (Å²) in [5.74, 6) is -0.145. The number of carbonyl (C=O) groups excluding carboxylic acids is 1. The van der Waals surface area contributed by atoms with Crippen LogP contribution in [-0.2, 0) is 11.2 Å². The van der Waals surface area contributed by atoms with Gasteiger partial charge in [-0.3, -0.25) is 4.79 Å². The summed E-state index contributed by atoms with van der Waals surface area (Å²) in [5, 5.41) is 17.8. The van der Waals surface area contributed by atoms with Crippen LogP contribution in [0.1, 0.15) is 15.9 Å². The van der Waals surface area contributed by atoms with Gasteiger partial charge in [0.15, 0.2) is 0 Å². The van der Waals surface area contributed by atoms with Gasteiger partial charge in [0.05, 0.1) is 61.0 Å². The number of rotatable bonds is 5. The van der Waals surface area contributed by atoms with Crippen molar-refractivity contribution >= 4 is 29.1 Å². The minimum absolute atomic E-state index is 0.145. The summed E-state index contributed by atoms with van der Waals surface area (Å²) >= 11 is 12.7. The predicted molar refractivity (Wildman–Crippen MR) is 122 cm³/mol. The minimum Gasteiger partial charge on any atom is -0.377 e. The van der Waals surface area contributed by atoms with E-state index in [1.54, 1.807) is 43.0 Å². The van der Waals surface area contributed by atoms with E-state index in [1.807, 2.05) is 23.1 Å². The van der Waals surface area contributed by atoms with Gasteiger partial charge in [0.2, 0.25) is 0 Å². The third-order valence-corrected chi connectivity index (χ3v) is 6.05. The fourth-order valence-electron chi connectivity index (χ4n) is 3.88. The third-order valence-electron chi connectivity index (χ3n) is 5.45. The van der Waals surface area contributed by atoms with Gasteiger partial charge in [-0.15, -0.1) is 0 Å². The Bertz CT molecular complexity index is 1260. The highest BCUT2D eigenvalue weighted by atomic mass is 35.5. The van der Waals surface area contributed by atoms with E-state index in [9.17, 15) is 4.79 Å². The van der Waals surface area contributed by atoms with Crippen LogP contribution in [0.3, 0.4) is 0 Å². The van der Waals surface area contributed by atoms with Crippen LogP contribution in [0.15, 0.2) is 61.2 Å². The van der Waals surface area contributed by atoms with Gasteiger partial charge in [-0.25, -0.2) is 0 Å². The number of nitrogens with zero attached hydrogens (tertiary/aromatic N) is 7. The quantitative estimate of drug-likeness (QED) is 0.432. The van der Waals surface area contributed by atoms with Crippen LogP contribution in [0, 0.1) is 0 Å². The highest BCUT2D eigenvalue weighted by molar-refractivity contribution is 6.31. The molecule has 4 aromatic rings. The molecule has 0 spiro atoms. The van der Waals surface area contributed by atoms with Crippen molar-refractivity contribution in [3.63, 3.8) is 0 Å². The molecule has 1 fully saturated rings. The minimum atomic E-state index is -0.210. The summed E-state index contributed by atoms with van der Waals surface area (Å²) < 4.78 is 5.72. The molecule has 3 heterocycles. The topological polar surface area (TPSA) is 91.0 Å². The van der Waals surface area contributed by atoms with Crippen molar-refractivity contribution in [2.75, 3.05) is 19.8 Å². The first-order valence-electron chi connectivity index (χ1n) is 10.3. The Labute approximate surface area is 199 Å². The number of ether oxygens (including phenoxy) is 1. The molecule has 11 heteroatoms. The molecule has 0 aliphatic carbocycles. The van der Waals surface area contributed by atoms with Gasteiger partial charge in [-0.05, 0) is 48.4 Å². The van der Waals surface area contributed by atoms with Gasteiger partial charge in [0, 0.05) is 16.6 Å². The molecular weight excluding hydrogens is 465 g/mol. The Hall–Kier alpha value is -3.27. The van der Waals surface area contributed by atoms with Crippen molar-refractivity contribution < 1.29 is 9.53 Å². The summed E-state index contributed by atoms with van der Waals surface area (Å²) in [4.78, 5) is 18.4. The van der Waals surface area contributed by atoms with Crippen molar-refractivity contribution in [1.82, 2.24) is 34.9 Å². The number of morpholine rings is 1. The Morgan fingerprint density at radius 3 is 2.45 bits per heavy atom.